The molecule has 5 heteroatoms. The van der Waals surface area contributed by atoms with E-state index in [1.54, 1.807) is 24.3 Å². The highest BCUT2D eigenvalue weighted by atomic mass is 16.5. The number of aliphatic hydroxyl groups excluding tert-OH is 1. The van der Waals surface area contributed by atoms with Crippen LogP contribution in [0.15, 0.2) is 36.4 Å². The summed E-state index contributed by atoms with van der Waals surface area (Å²) in [6.45, 7) is 0. The van der Waals surface area contributed by atoms with Crippen molar-refractivity contribution in [2.75, 3.05) is 21.3 Å². The number of methoxy groups -OCH3 is 3. The summed E-state index contributed by atoms with van der Waals surface area (Å²) in [5.41, 5.74) is 0.710. The van der Waals surface area contributed by atoms with Crippen LogP contribution in [-0.2, 0) is 12.8 Å². The summed E-state index contributed by atoms with van der Waals surface area (Å²) in [4.78, 5) is 0. The third kappa shape index (κ3) is 4.29. The van der Waals surface area contributed by atoms with Crippen LogP contribution in [0.25, 0.3) is 0 Å². The van der Waals surface area contributed by atoms with Crippen LogP contribution < -0.4 is 14.2 Å². The van der Waals surface area contributed by atoms with E-state index in [4.69, 9.17) is 17.0 Å². The van der Waals surface area contributed by atoms with Gasteiger partial charge >= 0.3 is 0 Å². The number of aliphatic hydroxyl groups is 1. The number of hydrogen-bond donors (Lipinski definition) is 2. The average molecular weight is 320 g/mol. The fraction of sp³-hybridized carbons (Fsp3) is 0.333. The highest BCUT2D eigenvalue weighted by Crippen LogP contribution is 2.29. The summed E-state index contributed by atoms with van der Waals surface area (Å²) in [6, 6.07) is 9.36. The molecular formula is C18H22O5. The van der Waals surface area contributed by atoms with E-state index in [0.717, 1.165) is 0 Å². The Labute approximate surface area is 138 Å². The molecular weight excluding hydrogens is 296 g/mol. The second-order valence-electron chi connectivity index (χ2n) is 4.86. The molecule has 2 N–H and O–H groups in total. The first-order valence-corrected chi connectivity index (χ1v) is 7.04. The maximum Gasteiger partial charge on any atom is 0.160 e. The van der Waals surface area contributed by atoms with Crippen molar-refractivity contribution in [1.82, 2.24) is 0 Å². The van der Waals surface area contributed by atoms with Gasteiger partial charge in [-0.15, -0.1) is 0 Å². The monoisotopic (exact) mass is 320 g/mol. The Bertz CT molecular complexity index is 723. The molecule has 5 nitrogen and oxygen atoms in total. The van der Waals surface area contributed by atoms with Crippen molar-refractivity contribution >= 4 is 0 Å². The minimum absolute atomic E-state index is 0.155. The maximum absolute atomic E-state index is 10.4. The van der Waals surface area contributed by atoms with Crippen LogP contribution >= 0.6 is 0 Å². The second-order valence-corrected chi connectivity index (χ2v) is 4.86. The van der Waals surface area contributed by atoms with Gasteiger partial charge in [0.25, 0.3) is 0 Å². The number of hydrogen-bond acceptors (Lipinski definition) is 5. The molecule has 0 saturated carbocycles. The van der Waals surface area contributed by atoms with Gasteiger partial charge in [0.15, 0.2) is 11.5 Å². The van der Waals surface area contributed by atoms with Gasteiger partial charge in [-0.2, -0.15) is 0 Å². The van der Waals surface area contributed by atoms with Crippen LogP contribution in [0.4, 0.5) is 0 Å². The van der Waals surface area contributed by atoms with Gasteiger partial charge in [-0.3, -0.25) is 0 Å². The normalized spacial score (nSPS) is 15.8. The predicted molar refractivity (Wildman–Crippen MR) is 87.6 cm³/mol. The van der Waals surface area contributed by atoms with Crippen LogP contribution in [0.5, 0.6) is 23.0 Å². The molecule has 0 bridgehead atoms. The van der Waals surface area contributed by atoms with Gasteiger partial charge < -0.3 is 24.4 Å². The molecule has 0 aromatic heterocycles. The molecule has 0 radical (unpaired) electrons. The molecule has 0 fully saturated rings. The van der Waals surface area contributed by atoms with Crippen LogP contribution in [0.3, 0.4) is 0 Å². The van der Waals surface area contributed by atoms with Crippen LogP contribution in [0, 0.1) is 0 Å². The Hall–Kier alpha value is -2.40. The van der Waals surface area contributed by atoms with Crippen LogP contribution in [-0.4, -0.2) is 37.6 Å². The first kappa shape index (κ1) is 14.2. The van der Waals surface area contributed by atoms with E-state index < -0.39 is 18.9 Å². The number of phenolic OH excluding ortho intramolecular Hbond substituents is 1. The van der Waals surface area contributed by atoms with Crippen molar-refractivity contribution in [2.45, 2.75) is 18.9 Å². The lowest BCUT2D eigenvalue weighted by Gasteiger charge is -2.14. The van der Waals surface area contributed by atoms with E-state index in [-0.39, 0.29) is 11.3 Å². The van der Waals surface area contributed by atoms with Gasteiger partial charge in [-0.1, -0.05) is 12.1 Å². The summed E-state index contributed by atoms with van der Waals surface area (Å²) >= 11 is 0. The van der Waals surface area contributed by atoms with Gasteiger partial charge in [0.2, 0.25) is 0 Å². The summed E-state index contributed by atoms with van der Waals surface area (Å²) in [5, 5.41) is 20.5. The minimum atomic E-state index is -1.35. The maximum atomic E-state index is 10.4. The van der Waals surface area contributed by atoms with Crippen molar-refractivity contribution in [3.63, 3.8) is 0 Å². The number of benzene rings is 2. The number of ether oxygens (including phenoxy) is 3. The highest BCUT2D eigenvalue weighted by Gasteiger charge is 2.12. The van der Waals surface area contributed by atoms with Crippen molar-refractivity contribution in [2.24, 2.45) is 0 Å². The zero-order valence-electron chi connectivity index (χ0n) is 15.3. The third-order valence-corrected chi connectivity index (χ3v) is 3.36. The zero-order valence-corrected chi connectivity index (χ0v) is 13.3. The molecule has 0 saturated heterocycles. The SMILES string of the molecule is [2H]C(c1ccc(OC)c(OC)c1)[C@H](O)C([2H])c1ccc(OC)cc1O. The molecule has 124 valence electrons. The topological polar surface area (TPSA) is 68.2 Å². The first-order chi connectivity index (χ1) is 11.9. The largest absolute Gasteiger partial charge is 0.508 e. The lowest BCUT2D eigenvalue weighted by Crippen LogP contribution is -2.14. The molecule has 0 aliphatic carbocycles. The van der Waals surface area contributed by atoms with Gasteiger partial charge in [-0.25, -0.2) is 0 Å². The molecule has 2 rings (SSSR count). The highest BCUT2D eigenvalue weighted by molar-refractivity contribution is 5.43. The Morgan fingerprint density at radius 3 is 2.30 bits per heavy atom. The van der Waals surface area contributed by atoms with Gasteiger partial charge in [0.1, 0.15) is 11.5 Å². The van der Waals surface area contributed by atoms with Crippen molar-refractivity contribution in [3.8, 4) is 23.0 Å². The molecule has 2 unspecified atom stereocenters. The molecule has 0 aliphatic rings. The van der Waals surface area contributed by atoms with Crippen molar-refractivity contribution in [1.29, 1.82) is 0 Å². The average Bonchev–Trinajstić information content (AvgIpc) is 2.65. The standard InChI is InChI=1S/C18H22O5/c1-21-15-6-5-13(16(20)11-15)10-14(19)8-12-4-7-17(22-2)18(9-12)23-3/h4-7,9,11,14,19-20H,8,10H2,1-3H3/t14-/m0/s1/i8D,10D/t8?,10?,14-. The Morgan fingerprint density at radius 1 is 0.957 bits per heavy atom. The van der Waals surface area contributed by atoms with E-state index in [9.17, 15) is 10.2 Å². The Kier molecular flexibility index (Phi) is 4.78. The predicted octanol–water partition coefficient (Wildman–Crippen LogP) is 2.56. The lowest BCUT2D eigenvalue weighted by molar-refractivity contribution is 0.174. The molecule has 3 atom stereocenters. The van der Waals surface area contributed by atoms with E-state index >= 15 is 0 Å². The minimum Gasteiger partial charge on any atom is -0.508 e. The molecule has 0 spiro atoms. The first-order valence-electron chi connectivity index (χ1n) is 8.19. The van der Waals surface area contributed by atoms with E-state index in [1.165, 1.54) is 33.5 Å². The van der Waals surface area contributed by atoms with E-state index in [1.807, 2.05) is 0 Å². The fourth-order valence-electron chi connectivity index (χ4n) is 2.18. The quantitative estimate of drug-likeness (QED) is 0.820. The number of phenols is 1. The molecule has 0 amide bonds. The third-order valence-electron chi connectivity index (χ3n) is 3.36. The van der Waals surface area contributed by atoms with Gasteiger partial charge in [-0.05, 0) is 35.7 Å². The number of aromatic hydroxyl groups is 1. The summed E-state index contributed by atoms with van der Waals surface area (Å²) in [6.07, 6.45) is -3.64. The molecule has 0 heterocycles. The zero-order chi connectivity index (χ0) is 18.6. The summed E-state index contributed by atoms with van der Waals surface area (Å²) in [7, 11) is 4.47. The summed E-state index contributed by atoms with van der Waals surface area (Å²) < 4.78 is 31.9. The Balaban J connectivity index is 2.25. The Morgan fingerprint density at radius 2 is 1.70 bits per heavy atom. The summed E-state index contributed by atoms with van der Waals surface area (Å²) in [5.74, 6) is 1.25. The van der Waals surface area contributed by atoms with Crippen LogP contribution in [0.2, 0.25) is 0 Å². The fourth-order valence-corrected chi connectivity index (χ4v) is 2.18. The molecule has 23 heavy (non-hydrogen) atoms. The second kappa shape index (κ2) is 7.74. The molecule has 2 aromatic carbocycles. The smallest absolute Gasteiger partial charge is 0.160 e. The van der Waals surface area contributed by atoms with Crippen LogP contribution in [0.1, 0.15) is 13.9 Å². The lowest BCUT2D eigenvalue weighted by atomic mass is 10.0. The van der Waals surface area contributed by atoms with Crippen molar-refractivity contribution in [3.05, 3.63) is 47.5 Å². The van der Waals surface area contributed by atoms with Gasteiger partial charge in [0, 0.05) is 15.2 Å². The molecule has 2 aromatic rings. The van der Waals surface area contributed by atoms with Crippen molar-refractivity contribution < 1.29 is 27.2 Å². The van der Waals surface area contributed by atoms with Gasteiger partial charge in [0.05, 0.1) is 27.4 Å². The van der Waals surface area contributed by atoms with E-state index in [2.05, 4.69) is 0 Å². The van der Waals surface area contributed by atoms with E-state index in [0.29, 0.717) is 22.8 Å². The molecule has 0 aliphatic heterocycles. The number of rotatable bonds is 7.